The smallest absolute Gasteiger partial charge is 0.272 e. The third kappa shape index (κ3) is 4.35. The maximum Gasteiger partial charge on any atom is 0.272 e. The average molecular weight is 408 g/mol. The average Bonchev–Trinajstić information content (AvgIpc) is 3.13. The van der Waals surface area contributed by atoms with Crippen molar-refractivity contribution in [1.29, 1.82) is 0 Å². The van der Waals surface area contributed by atoms with Crippen molar-refractivity contribution >= 4 is 5.91 Å². The van der Waals surface area contributed by atoms with E-state index in [0.717, 1.165) is 48.2 Å². The summed E-state index contributed by atoms with van der Waals surface area (Å²) in [7, 11) is 0. The summed E-state index contributed by atoms with van der Waals surface area (Å²) in [4.78, 5) is 17.2. The number of halogens is 1. The first kappa shape index (κ1) is 20.1. The Labute approximate surface area is 175 Å². The second-order valence-electron chi connectivity index (χ2n) is 7.72. The zero-order valence-corrected chi connectivity index (χ0v) is 17.2. The van der Waals surface area contributed by atoms with Gasteiger partial charge in [-0.15, -0.1) is 0 Å². The Morgan fingerprint density at radius 2 is 1.93 bits per heavy atom. The predicted octanol–water partition coefficient (Wildman–Crippen LogP) is 4.00. The van der Waals surface area contributed by atoms with Crippen LogP contribution < -0.4 is 10.1 Å². The number of hydrogen-bond donors (Lipinski definition) is 1. The Morgan fingerprint density at radius 3 is 2.63 bits per heavy atom. The number of benzene rings is 1. The summed E-state index contributed by atoms with van der Waals surface area (Å²) < 4.78 is 20.6. The molecule has 0 bridgehead atoms. The summed E-state index contributed by atoms with van der Waals surface area (Å²) in [5.41, 5.74) is 4.11. The number of ether oxygens (including phenoxy) is 1. The molecule has 3 aromatic rings. The molecule has 6 nitrogen and oxygen atoms in total. The number of nitrogens with one attached hydrogen (secondary N) is 1. The van der Waals surface area contributed by atoms with Gasteiger partial charge in [-0.05, 0) is 69.4 Å². The van der Waals surface area contributed by atoms with Crippen molar-refractivity contribution in [2.45, 2.75) is 52.2 Å². The van der Waals surface area contributed by atoms with Crippen molar-refractivity contribution in [2.75, 3.05) is 0 Å². The molecule has 30 heavy (non-hydrogen) atoms. The van der Waals surface area contributed by atoms with Gasteiger partial charge in [0.05, 0.1) is 11.8 Å². The highest BCUT2D eigenvalue weighted by Crippen LogP contribution is 2.27. The van der Waals surface area contributed by atoms with Crippen LogP contribution in [0.5, 0.6) is 5.88 Å². The number of nitrogens with zero attached hydrogens (tertiary/aromatic N) is 3. The third-order valence-corrected chi connectivity index (χ3v) is 5.07. The van der Waals surface area contributed by atoms with E-state index in [-0.39, 0.29) is 17.8 Å². The minimum absolute atomic E-state index is 0.0606. The van der Waals surface area contributed by atoms with Gasteiger partial charge in [0.25, 0.3) is 5.91 Å². The van der Waals surface area contributed by atoms with Crippen molar-refractivity contribution in [2.24, 2.45) is 0 Å². The van der Waals surface area contributed by atoms with Crippen LogP contribution in [0, 0.1) is 5.82 Å². The van der Waals surface area contributed by atoms with Crippen LogP contribution in [-0.4, -0.2) is 26.8 Å². The number of pyridine rings is 1. The van der Waals surface area contributed by atoms with Crippen LogP contribution >= 0.6 is 0 Å². The number of hydrogen-bond acceptors (Lipinski definition) is 4. The van der Waals surface area contributed by atoms with Crippen LogP contribution in [0.4, 0.5) is 4.39 Å². The van der Waals surface area contributed by atoms with Crippen LogP contribution in [0.25, 0.3) is 5.69 Å². The monoisotopic (exact) mass is 408 g/mol. The molecule has 0 fully saturated rings. The molecule has 0 atom stereocenters. The molecule has 0 aliphatic heterocycles. The Bertz CT molecular complexity index is 1030. The van der Waals surface area contributed by atoms with E-state index in [1.165, 1.54) is 12.1 Å². The molecule has 0 radical (unpaired) electrons. The number of carbonyl (C=O) groups excluding carboxylic acids is 1. The van der Waals surface area contributed by atoms with Crippen molar-refractivity contribution in [3.8, 4) is 11.6 Å². The molecule has 0 unspecified atom stereocenters. The summed E-state index contributed by atoms with van der Waals surface area (Å²) in [6, 6.07) is 9.87. The van der Waals surface area contributed by atoms with Crippen LogP contribution in [0.3, 0.4) is 0 Å². The lowest BCUT2D eigenvalue weighted by molar-refractivity contribution is 0.0944. The largest absolute Gasteiger partial charge is 0.475 e. The zero-order valence-electron chi connectivity index (χ0n) is 17.2. The molecule has 2 aromatic heterocycles. The first-order chi connectivity index (χ1) is 14.5. The summed E-state index contributed by atoms with van der Waals surface area (Å²) >= 11 is 0. The molecule has 1 aromatic carbocycles. The SMILES string of the molecule is CC(C)Oc1ccc(CNC(=O)c2nn(-c3ccc(F)cc3)c3c2CCCC3)cn1. The lowest BCUT2D eigenvalue weighted by atomic mass is 9.95. The maximum absolute atomic E-state index is 13.3. The van der Waals surface area contributed by atoms with E-state index < -0.39 is 0 Å². The fourth-order valence-corrected chi connectivity index (χ4v) is 3.67. The third-order valence-electron chi connectivity index (χ3n) is 5.07. The van der Waals surface area contributed by atoms with E-state index in [1.54, 1.807) is 29.1 Å². The van der Waals surface area contributed by atoms with Gasteiger partial charge in [0.2, 0.25) is 5.88 Å². The summed E-state index contributed by atoms with van der Waals surface area (Å²) in [5, 5.41) is 7.54. The van der Waals surface area contributed by atoms with Crippen molar-refractivity contribution in [3.63, 3.8) is 0 Å². The predicted molar refractivity (Wildman–Crippen MR) is 111 cm³/mol. The van der Waals surface area contributed by atoms with E-state index in [4.69, 9.17) is 4.74 Å². The molecular formula is C23H25FN4O2. The maximum atomic E-state index is 13.3. The fourth-order valence-electron chi connectivity index (χ4n) is 3.67. The van der Waals surface area contributed by atoms with Gasteiger partial charge in [0, 0.05) is 30.1 Å². The van der Waals surface area contributed by atoms with Gasteiger partial charge in [0.15, 0.2) is 5.69 Å². The molecule has 0 saturated carbocycles. The highest BCUT2D eigenvalue weighted by atomic mass is 19.1. The molecule has 2 heterocycles. The standard InChI is InChI=1S/C23H25FN4O2/c1-15(2)30-21-12-7-16(13-25-21)14-26-23(29)22-19-5-3-4-6-20(19)28(27-22)18-10-8-17(24)9-11-18/h7-13,15H,3-6,14H2,1-2H3,(H,26,29). The molecule has 7 heteroatoms. The Morgan fingerprint density at radius 1 is 1.17 bits per heavy atom. The van der Waals surface area contributed by atoms with Crippen molar-refractivity contribution in [3.05, 3.63) is 70.9 Å². The van der Waals surface area contributed by atoms with Crippen molar-refractivity contribution in [1.82, 2.24) is 20.1 Å². The topological polar surface area (TPSA) is 69.0 Å². The first-order valence-corrected chi connectivity index (χ1v) is 10.3. The summed E-state index contributed by atoms with van der Waals surface area (Å²) in [5.74, 6) is 0.0554. The Kier molecular flexibility index (Phi) is 5.79. The minimum atomic E-state index is -0.295. The molecule has 4 rings (SSSR count). The number of carbonyl (C=O) groups is 1. The Balaban J connectivity index is 1.52. The highest BCUT2D eigenvalue weighted by molar-refractivity contribution is 5.94. The second-order valence-corrected chi connectivity index (χ2v) is 7.72. The summed E-state index contributed by atoms with van der Waals surface area (Å²) in [6.07, 6.45) is 5.52. The molecule has 1 aliphatic rings. The van der Waals surface area contributed by atoms with Crippen LogP contribution in [0.1, 0.15) is 54.0 Å². The molecule has 1 N–H and O–H groups in total. The summed E-state index contributed by atoms with van der Waals surface area (Å²) in [6.45, 7) is 4.25. The van der Waals surface area contributed by atoms with Gasteiger partial charge >= 0.3 is 0 Å². The Hall–Kier alpha value is -3.22. The minimum Gasteiger partial charge on any atom is -0.475 e. The van der Waals surface area contributed by atoms with E-state index in [0.29, 0.717) is 18.1 Å². The quantitative estimate of drug-likeness (QED) is 0.669. The lowest BCUT2D eigenvalue weighted by Crippen LogP contribution is -2.24. The van der Waals surface area contributed by atoms with Gasteiger partial charge in [-0.25, -0.2) is 14.1 Å². The molecular weight excluding hydrogens is 383 g/mol. The second kappa shape index (κ2) is 8.65. The fraction of sp³-hybridized carbons (Fsp3) is 0.348. The first-order valence-electron chi connectivity index (χ1n) is 10.3. The number of aromatic nitrogens is 3. The molecule has 1 aliphatic carbocycles. The van der Waals surface area contributed by atoms with Gasteiger partial charge < -0.3 is 10.1 Å². The molecule has 1 amide bonds. The number of amides is 1. The van der Waals surface area contributed by atoms with E-state index in [1.807, 2.05) is 19.9 Å². The van der Waals surface area contributed by atoms with Gasteiger partial charge in [-0.2, -0.15) is 5.10 Å². The van der Waals surface area contributed by atoms with Gasteiger partial charge in [0.1, 0.15) is 5.82 Å². The van der Waals surface area contributed by atoms with Crippen molar-refractivity contribution < 1.29 is 13.9 Å². The van der Waals surface area contributed by atoms with E-state index in [9.17, 15) is 9.18 Å². The van der Waals surface area contributed by atoms with Crippen LogP contribution in [0.2, 0.25) is 0 Å². The number of rotatable bonds is 6. The normalized spacial score (nSPS) is 13.2. The lowest BCUT2D eigenvalue weighted by Gasteiger charge is -2.14. The number of fused-ring (bicyclic) bond motifs is 1. The van der Waals surface area contributed by atoms with Crippen LogP contribution in [0.15, 0.2) is 42.6 Å². The van der Waals surface area contributed by atoms with Gasteiger partial charge in [-0.3, -0.25) is 4.79 Å². The molecule has 0 spiro atoms. The molecule has 156 valence electrons. The highest BCUT2D eigenvalue weighted by Gasteiger charge is 2.25. The zero-order chi connectivity index (χ0) is 21.1. The van der Waals surface area contributed by atoms with E-state index >= 15 is 0 Å². The van der Waals surface area contributed by atoms with Gasteiger partial charge in [-0.1, -0.05) is 6.07 Å². The van der Waals surface area contributed by atoms with Crippen LogP contribution in [-0.2, 0) is 19.4 Å². The molecule has 0 saturated heterocycles. The van der Waals surface area contributed by atoms with E-state index in [2.05, 4.69) is 15.4 Å².